The first-order valence-corrected chi connectivity index (χ1v) is 7.89. The summed E-state index contributed by atoms with van der Waals surface area (Å²) < 4.78 is 10.7. The molecule has 118 valence electrons. The first-order chi connectivity index (χ1) is 10.2. The third-order valence-electron chi connectivity index (χ3n) is 4.46. The lowest BCUT2D eigenvalue weighted by atomic mass is 9.98. The van der Waals surface area contributed by atoms with Crippen LogP contribution in [-0.4, -0.2) is 33.4 Å². The molecule has 4 heteroatoms. The van der Waals surface area contributed by atoms with E-state index in [0.717, 1.165) is 43.3 Å². The Kier molecular flexibility index (Phi) is 5.74. The van der Waals surface area contributed by atoms with Crippen molar-refractivity contribution >= 4 is 5.69 Å². The van der Waals surface area contributed by atoms with Gasteiger partial charge < -0.3 is 20.1 Å². The molecule has 4 nitrogen and oxygen atoms in total. The second-order valence-corrected chi connectivity index (χ2v) is 5.92. The van der Waals surface area contributed by atoms with E-state index in [0.29, 0.717) is 6.04 Å². The molecular weight excluding hydrogens is 264 g/mol. The van der Waals surface area contributed by atoms with Gasteiger partial charge in [0, 0.05) is 43.0 Å². The second-order valence-electron chi connectivity index (χ2n) is 5.92. The van der Waals surface area contributed by atoms with Gasteiger partial charge in [-0.25, -0.2) is 0 Å². The highest BCUT2D eigenvalue weighted by molar-refractivity contribution is 5.56. The monoisotopic (exact) mass is 292 g/mol. The lowest BCUT2D eigenvalue weighted by Gasteiger charge is -2.20. The van der Waals surface area contributed by atoms with Gasteiger partial charge in [0.05, 0.1) is 14.2 Å². The summed E-state index contributed by atoms with van der Waals surface area (Å²) in [6.07, 6.45) is 4.68. The van der Waals surface area contributed by atoms with Crippen LogP contribution in [0.1, 0.15) is 32.6 Å². The molecule has 0 amide bonds. The standard InChI is InChI=1S/C17H28N2O2/c1-4-14(18)6-5-13-7-8-19(12-13)15-9-16(20-2)11-17(10-15)21-3/h9-11,13-14H,4-8,12,18H2,1-3H3. The molecule has 21 heavy (non-hydrogen) atoms. The number of nitrogens with two attached hydrogens (primary N) is 1. The smallest absolute Gasteiger partial charge is 0.124 e. The number of nitrogens with zero attached hydrogens (tertiary/aromatic N) is 1. The van der Waals surface area contributed by atoms with Crippen LogP contribution in [0.2, 0.25) is 0 Å². The van der Waals surface area contributed by atoms with E-state index in [1.807, 2.05) is 6.07 Å². The average Bonchev–Trinajstić information content (AvgIpc) is 3.00. The highest BCUT2D eigenvalue weighted by Crippen LogP contribution is 2.32. The topological polar surface area (TPSA) is 47.7 Å². The maximum absolute atomic E-state index is 6.03. The average molecular weight is 292 g/mol. The van der Waals surface area contributed by atoms with Crippen molar-refractivity contribution in [2.75, 3.05) is 32.2 Å². The Morgan fingerprint density at radius 3 is 2.48 bits per heavy atom. The van der Waals surface area contributed by atoms with Crippen LogP contribution in [0.5, 0.6) is 11.5 Å². The molecule has 1 heterocycles. The molecule has 1 aromatic carbocycles. The minimum atomic E-state index is 0.357. The Hall–Kier alpha value is -1.42. The Morgan fingerprint density at radius 1 is 1.24 bits per heavy atom. The maximum Gasteiger partial charge on any atom is 0.124 e. The Morgan fingerprint density at radius 2 is 1.90 bits per heavy atom. The zero-order valence-electron chi connectivity index (χ0n) is 13.5. The molecule has 0 spiro atoms. The molecule has 1 aromatic rings. The van der Waals surface area contributed by atoms with Gasteiger partial charge in [-0.1, -0.05) is 6.92 Å². The summed E-state index contributed by atoms with van der Waals surface area (Å²) in [6.45, 7) is 4.36. The van der Waals surface area contributed by atoms with Crippen LogP contribution in [0.4, 0.5) is 5.69 Å². The predicted octanol–water partition coefficient (Wildman–Crippen LogP) is 3.05. The van der Waals surface area contributed by atoms with Gasteiger partial charge in [0.15, 0.2) is 0 Å². The fraction of sp³-hybridized carbons (Fsp3) is 0.647. The molecule has 2 N–H and O–H groups in total. The fourth-order valence-corrected chi connectivity index (χ4v) is 2.93. The zero-order chi connectivity index (χ0) is 15.2. The van der Waals surface area contributed by atoms with Crippen LogP contribution in [0.3, 0.4) is 0 Å². The molecule has 0 aliphatic carbocycles. The highest BCUT2D eigenvalue weighted by atomic mass is 16.5. The highest BCUT2D eigenvalue weighted by Gasteiger charge is 2.23. The molecule has 0 radical (unpaired) electrons. The normalized spacial score (nSPS) is 19.6. The zero-order valence-corrected chi connectivity index (χ0v) is 13.5. The molecule has 1 aliphatic rings. The number of hydrogen-bond donors (Lipinski definition) is 1. The quantitative estimate of drug-likeness (QED) is 0.839. The van der Waals surface area contributed by atoms with Gasteiger partial charge in [-0.2, -0.15) is 0 Å². The van der Waals surface area contributed by atoms with E-state index in [-0.39, 0.29) is 0 Å². The number of hydrogen-bond acceptors (Lipinski definition) is 4. The van der Waals surface area contributed by atoms with E-state index in [1.54, 1.807) is 14.2 Å². The minimum absolute atomic E-state index is 0.357. The predicted molar refractivity (Wildman–Crippen MR) is 87.4 cm³/mol. The van der Waals surface area contributed by atoms with Gasteiger partial charge in [-0.15, -0.1) is 0 Å². The van der Waals surface area contributed by atoms with E-state index < -0.39 is 0 Å². The Balaban J connectivity index is 1.97. The van der Waals surface area contributed by atoms with E-state index in [1.165, 1.54) is 18.5 Å². The van der Waals surface area contributed by atoms with Crippen LogP contribution in [0.15, 0.2) is 18.2 Å². The number of benzene rings is 1. The van der Waals surface area contributed by atoms with E-state index in [2.05, 4.69) is 24.0 Å². The molecule has 0 aromatic heterocycles. The van der Waals surface area contributed by atoms with Gasteiger partial charge in [-0.05, 0) is 31.6 Å². The van der Waals surface area contributed by atoms with Crippen molar-refractivity contribution in [1.29, 1.82) is 0 Å². The SMILES string of the molecule is CCC(N)CCC1CCN(c2cc(OC)cc(OC)c2)C1. The van der Waals surface area contributed by atoms with Crippen LogP contribution >= 0.6 is 0 Å². The summed E-state index contributed by atoms with van der Waals surface area (Å²) in [5.41, 5.74) is 7.21. The molecule has 2 unspecified atom stereocenters. The van der Waals surface area contributed by atoms with Crippen LogP contribution < -0.4 is 20.1 Å². The molecular formula is C17H28N2O2. The first-order valence-electron chi connectivity index (χ1n) is 7.89. The summed E-state index contributed by atoms with van der Waals surface area (Å²) in [5.74, 6) is 2.45. The third-order valence-corrected chi connectivity index (χ3v) is 4.46. The van der Waals surface area contributed by atoms with Crippen LogP contribution in [0, 0.1) is 5.92 Å². The second kappa shape index (κ2) is 7.55. The van der Waals surface area contributed by atoms with Crippen LogP contribution in [0.25, 0.3) is 0 Å². The molecule has 0 bridgehead atoms. The van der Waals surface area contributed by atoms with Crippen molar-refractivity contribution in [3.8, 4) is 11.5 Å². The molecule has 0 saturated carbocycles. The third kappa shape index (κ3) is 4.27. The summed E-state index contributed by atoms with van der Waals surface area (Å²) >= 11 is 0. The van der Waals surface area contributed by atoms with Crippen molar-refractivity contribution < 1.29 is 9.47 Å². The number of rotatable bonds is 7. The van der Waals surface area contributed by atoms with Crippen molar-refractivity contribution in [1.82, 2.24) is 0 Å². The molecule has 2 rings (SSSR count). The van der Waals surface area contributed by atoms with Crippen molar-refractivity contribution in [2.24, 2.45) is 11.7 Å². The van der Waals surface area contributed by atoms with Crippen molar-refractivity contribution in [3.63, 3.8) is 0 Å². The minimum Gasteiger partial charge on any atom is -0.497 e. The lowest BCUT2D eigenvalue weighted by molar-refractivity contribution is 0.394. The molecule has 1 aliphatic heterocycles. The summed E-state index contributed by atoms with van der Waals surface area (Å²) in [7, 11) is 3.38. The molecule has 1 saturated heterocycles. The summed E-state index contributed by atoms with van der Waals surface area (Å²) in [4.78, 5) is 2.42. The van der Waals surface area contributed by atoms with Gasteiger partial charge in [0.25, 0.3) is 0 Å². The van der Waals surface area contributed by atoms with Crippen molar-refractivity contribution in [3.05, 3.63) is 18.2 Å². The number of ether oxygens (including phenoxy) is 2. The van der Waals surface area contributed by atoms with E-state index >= 15 is 0 Å². The van der Waals surface area contributed by atoms with Gasteiger partial charge in [0.2, 0.25) is 0 Å². The summed E-state index contributed by atoms with van der Waals surface area (Å²) in [6, 6.07) is 6.44. The maximum atomic E-state index is 6.03. The van der Waals surface area contributed by atoms with Gasteiger partial charge in [0.1, 0.15) is 11.5 Å². The Labute approximate surface area is 128 Å². The first kappa shape index (κ1) is 16.0. The van der Waals surface area contributed by atoms with Crippen LogP contribution in [-0.2, 0) is 0 Å². The van der Waals surface area contributed by atoms with E-state index in [4.69, 9.17) is 15.2 Å². The van der Waals surface area contributed by atoms with E-state index in [9.17, 15) is 0 Å². The summed E-state index contributed by atoms with van der Waals surface area (Å²) in [5, 5.41) is 0. The largest absolute Gasteiger partial charge is 0.497 e. The van der Waals surface area contributed by atoms with Gasteiger partial charge >= 0.3 is 0 Å². The lowest BCUT2D eigenvalue weighted by Crippen LogP contribution is -2.22. The number of methoxy groups -OCH3 is 2. The Bertz CT molecular complexity index is 428. The van der Waals surface area contributed by atoms with Gasteiger partial charge in [-0.3, -0.25) is 0 Å². The fourth-order valence-electron chi connectivity index (χ4n) is 2.93. The van der Waals surface area contributed by atoms with Crippen molar-refractivity contribution in [2.45, 2.75) is 38.6 Å². The number of anilines is 1. The molecule has 2 atom stereocenters. The molecule has 1 fully saturated rings.